The third-order valence-electron chi connectivity index (χ3n) is 3.08. The number of carbonyl (C=O) groups is 2. The van der Waals surface area contributed by atoms with Crippen LogP contribution in [0.4, 0.5) is 5.82 Å². The molecule has 0 aliphatic rings. The van der Waals surface area contributed by atoms with Crippen LogP contribution in [0.1, 0.15) is 50.2 Å². The lowest BCUT2D eigenvalue weighted by Gasteiger charge is -2.15. The largest absolute Gasteiger partial charge is 0.360 e. The van der Waals surface area contributed by atoms with Crippen LogP contribution in [0.3, 0.4) is 0 Å². The molecule has 2 amide bonds. The van der Waals surface area contributed by atoms with Gasteiger partial charge in [-0.05, 0) is 13.8 Å². The third-order valence-corrected chi connectivity index (χ3v) is 4.11. The molecule has 0 bridgehead atoms. The molecule has 0 radical (unpaired) electrons. The molecule has 0 saturated heterocycles. The lowest BCUT2D eigenvalue weighted by molar-refractivity contribution is -0.136. The van der Waals surface area contributed by atoms with Crippen molar-refractivity contribution in [1.82, 2.24) is 15.5 Å². The second-order valence-electron chi connectivity index (χ2n) is 6.29. The van der Waals surface area contributed by atoms with Crippen molar-refractivity contribution in [2.45, 2.75) is 46.1 Å². The van der Waals surface area contributed by atoms with Crippen LogP contribution in [0.5, 0.6) is 0 Å². The summed E-state index contributed by atoms with van der Waals surface area (Å²) in [4.78, 5) is 28.3. The fourth-order valence-electron chi connectivity index (χ4n) is 1.75. The molecule has 8 heteroatoms. The number of hydrogen-bond acceptors (Lipinski definition) is 6. The minimum absolute atomic E-state index is 0.0549. The van der Waals surface area contributed by atoms with Crippen molar-refractivity contribution in [3.05, 3.63) is 27.9 Å². The number of thiazole rings is 1. The van der Waals surface area contributed by atoms with E-state index in [1.165, 1.54) is 17.4 Å². The van der Waals surface area contributed by atoms with Crippen molar-refractivity contribution in [3.8, 4) is 0 Å². The summed E-state index contributed by atoms with van der Waals surface area (Å²) in [5.74, 6) is -0.783. The number of nitrogens with zero attached hydrogens (tertiary/aromatic N) is 2. The predicted octanol–water partition coefficient (Wildman–Crippen LogP) is 2.55. The standard InChI is InChI=1S/C15H20N4O3S/c1-8-6-11(19-22-8)18-13(21)12(20)16-9(2)14-17-10(7-23-14)15(3,4)5/h6-7,9H,1-5H3,(H,16,20)(H,18,19,21). The summed E-state index contributed by atoms with van der Waals surface area (Å²) in [5.41, 5.74) is 0.904. The van der Waals surface area contributed by atoms with Gasteiger partial charge in [-0.15, -0.1) is 11.3 Å². The number of aromatic nitrogens is 2. The Hall–Kier alpha value is -2.22. The van der Waals surface area contributed by atoms with E-state index in [-0.39, 0.29) is 17.3 Å². The number of nitrogens with one attached hydrogen (secondary N) is 2. The van der Waals surface area contributed by atoms with Crippen LogP contribution in [0, 0.1) is 6.92 Å². The van der Waals surface area contributed by atoms with E-state index in [4.69, 9.17) is 4.52 Å². The molecule has 7 nitrogen and oxygen atoms in total. The molecule has 0 spiro atoms. The summed E-state index contributed by atoms with van der Waals surface area (Å²) in [6, 6.07) is 1.18. The summed E-state index contributed by atoms with van der Waals surface area (Å²) in [7, 11) is 0. The van der Waals surface area contributed by atoms with Gasteiger partial charge in [-0.1, -0.05) is 25.9 Å². The summed E-state index contributed by atoms with van der Waals surface area (Å²) in [6.45, 7) is 9.70. The smallest absolute Gasteiger partial charge is 0.314 e. The topological polar surface area (TPSA) is 97.1 Å². The highest BCUT2D eigenvalue weighted by molar-refractivity contribution is 7.09. The van der Waals surface area contributed by atoms with E-state index in [2.05, 4.69) is 41.5 Å². The Morgan fingerprint density at radius 2 is 2.00 bits per heavy atom. The van der Waals surface area contributed by atoms with Gasteiger partial charge in [-0.25, -0.2) is 4.98 Å². The van der Waals surface area contributed by atoms with Crippen LogP contribution in [0.2, 0.25) is 0 Å². The van der Waals surface area contributed by atoms with E-state index < -0.39 is 11.8 Å². The minimum Gasteiger partial charge on any atom is -0.360 e. The monoisotopic (exact) mass is 336 g/mol. The number of anilines is 1. The number of amides is 2. The van der Waals surface area contributed by atoms with E-state index in [0.29, 0.717) is 5.76 Å². The molecule has 0 saturated carbocycles. The van der Waals surface area contributed by atoms with Crippen molar-refractivity contribution in [2.75, 3.05) is 5.32 Å². The fourth-order valence-corrected chi connectivity index (χ4v) is 2.81. The van der Waals surface area contributed by atoms with Crippen LogP contribution in [0.25, 0.3) is 0 Å². The molecule has 2 aromatic heterocycles. The van der Waals surface area contributed by atoms with Gasteiger partial charge in [0.05, 0.1) is 11.7 Å². The maximum atomic E-state index is 11.9. The quantitative estimate of drug-likeness (QED) is 0.840. The zero-order valence-corrected chi connectivity index (χ0v) is 14.6. The molecular formula is C15H20N4O3S. The molecule has 2 N–H and O–H groups in total. The number of aryl methyl sites for hydroxylation is 1. The van der Waals surface area contributed by atoms with Gasteiger partial charge < -0.3 is 9.84 Å². The molecule has 0 fully saturated rings. The Labute approximate surface area is 138 Å². The Bertz CT molecular complexity index is 714. The van der Waals surface area contributed by atoms with Crippen LogP contribution < -0.4 is 10.6 Å². The van der Waals surface area contributed by atoms with E-state index in [1.54, 1.807) is 13.8 Å². The van der Waals surface area contributed by atoms with Crippen LogP contribution in [0.15, 0.2) is 16.0 Å². The maximum Gasteiger partial charge on any atom is 0.314 e. The highest BCUT2D eigenvalue weighted by Gasteiger charge is 2.22. The van der Waals surface area contributed by atoms with Crippen LogP contribution in [-0.4, -0.2) is 22.0 Å². The summed E-state index contributed by atoms with van der Waals surface area (Å²) in [5, 5.41) is 11.3. The molecular weight excluding hydrogens is 316 g/mol. The average Bonchev–Trinajstić information content (AvgIpc) is 3.07. The first kappa shape index (κ1) is 17.1. The Morgan fingerprint density at radius 3 is 2.52 bits per heavy atom. The van der Waals surface area contributed by atoms with E-state index in [1.807, 2.05) is 5.38 Å². The molecule has 2 heterocycles. The van der Waals surface area contributed by atoms with Gasteiger partial charge in [0.1, 0.15) is 10.8 Å². The molecule has 2 rings (SSSR count). The number of rotatable bonds is 3. The highest BCUT2D eigenvalue weighted by Crippen LogP contribution is 2.26. The fraction of sp³-hybridized carbons (Fsp3) is 0.467. The summed E-state index contributed by atoms with van der Waals surface area (Å²) in [6.07, 6.45) is 0. The Morgan fingerprint density at radius 1 is 1.30 bits per heavy atom. The first-order valence-electron chi connectivity index (χ1n) is 7.18. The van der Waals surface area contributed by atoms with Gasteiger partial charge in [0.25, 0.3) is 0 Å². The van der Waals surface area contributed by atoms with Gasteiger partial charge >= 0.3 is 11.8 Å². The van der Waals surface area contributed by atoms with E-state index >= 15 is 0 Å². The van der Waals surface area contributed by atoms with Crippen molar-refractivity contribution in [1.29, 1.82) is 0 Å². The van der Waals surface area contributed by atoms with E-state index in [9.17, 15) is 9.59 Å². The molecule has 124 valence electrons. The first-order valence-corrected chi connectivity index (χ1v) is 8.06. The van der Waals surface area contributed by atoms with Crippen molar-refractivity contribution in [2.24, 2.45) is 0 Å². The molecule has 1 atom stereocenters. The first-order chi connectivity index (χ1) is 10.7. The lowest BCUT2D eigenvalue weighted by Crippen LogP contribution is -2.37. The minimum atomic E-state index is -0.794. The van der Waals surface area contributed by atoms with Crippen LogP contribution >= 0.6 is 11.3 Å². The SMILES string of the molecule is Cc1cc(NC(=O)C(=O)NC(C)c2nc(C(C)(C)C)cs2)no1. The zero-order valence-electron chi connectivity index (χ0n) is 13.8. The third kappa shape index (κ3) is 4.38. The molecule has 23 heavy (non-hydrogen) atoms. The van der Waals surface area contributed by atoms with Gasteiger partial charge in [-0.2, -0.15) is 0 Å². The second-order valence-corrected chi connectivity index (χ2v) is 7.18. The Kier molecular flexibility index (Phi) is 4.84. The van der Waals surface area contributed by atoms with Crippen molar-refractivity contribution >= 4 is 29.0 Å². The number of hydrogen-bond donors (Lipinski definition) is 2. The predicted molar refractivity (Wildman–Crippen MR) is 87.2 cm³/mol. The number of carbonyl (C=O) groups excluding carboxylic acids is 2. The summed E-state index contributed by atoms with van der Waals surface area (Å²) < 4.78 is 4.83. The zero-order chi connectivity index (χ0) is 17.2. The maximum absolute atomic E-state index is 11.9. The second kappa shape index (κ2) is 6.49. The van der Waals surface area contributed by atoms with Gasteiger partial charge in [0.2, 0.25) is 0 Å². The lowest BCUT2D eigenvalue weighted by atomic mass is 9.93. The van der Waals surface area contributed by atoms with Gasteiger partial charge in [0, 0.05) is 16.9 Å². The van der Waals surface area contributed by atoms with E-state index in [0.717, 1.165) is 10.7 Å². The van der Waals surface area contributed by atoms with Crippen LogP contribution in [-0.2, 0) is 15.0 Å². The van der Waals surface area contributed by atoms with Crippen molar-refractivity contribution in [3.63, 3.8) is 0 Å². The molecule has 0 aliphatic carbocycles. The normalized spacial score (nSPS) is 12.7. The highest BCUT2D eigenvalue weighted by atomic mass is 32.1. The van der Waals surface area contributed by atoms with Crippen molar-refractivity contribution < 1.29 is 14.1 Å². The average molecular weight is 336 g/mol. The van der Waals surface area contributed by atoms with Gasteiger partial charge in [0.15, 0.2) is 5.82 Å². The molecule has 0 aliphatic heterocycles. The molecule has 0 aromatic carbocycles. The Balaban J connectivity index is 1.96. The molecule has 2 aromatic rings. The summed E-state index contributed by atoms with van der Waals surface area (Å²) >= 11 is 1.46. The van der Waals surface area contributed by atoms with Gasteiger partial charge in [-0.3, -0.25) is 14.9 Å². The molecule has 1 unspecified atom stereocenters.